The number of rotatable bonds is 6. The number of carbonyl (C=O) groups is 1. The third-order valence-electron chi connectivity index (χ3n) is 5.41. The first-order valence-corrected chi connectivity index (χ1v) is 11.7. The molecule has 0 aliphatic rings. The van der Waals surface area contributed by atoms with Crippen LogP contribution in [0.1, 0.15) is 60.3 Å². The smallest absolute Gasteiger partial charge is 0.349 e. The van der Waals surface area contributed by atoms with Gasteiger partial charge in [-0.2, -0.15) is 0 Å². The number of benzene rings is 1. The normalized spacial score (nSPS) is 12.8. The maximum atomic E-state index is 12.3. The lowest BCUT2D eigenvalue weighted by Crippen LogP contribution is -2.16. The van der Waals surface area contributed by atoms with Gasteiger partial charge in [0.25, 0.3) is 0 Å². The summed E-state index contributed by atoms with van der Waals surface area (Å²) in [6.45, 7) is 7.62. The first kappa shape index (κ1) is 23.3. The van der Waals surface area contributed by atoms with Gasteiger partial charge in [0.2, 0.25) is 0 Å². The topological polar surface area (TPSA) is 84.1 Å². The van der Waals surface area contributed by atoms with Crippen LogP contribution in [-0.2, 0) is 12.0 Å². The van der Waals surface area contributed by atoms with E-state index in [1.165, 1.54) is 0 Å². The average molecular weight is 485 g/mol. The summed E-state index contributed by atoms with van der Waals surface area (Å²) in [5.74, 6) is -0.755. The first-order valence-electron chi connectivity index (χ1n) is 10.5. The fraction of sp³-hybridized carbons (Fsp3) is 0.280. The van der Waals surface area contributed by atoms with E-state index in [2.05, 4.69) is 4.98 Å². The highest BCUT2D eigenvalue weighted by Gasteiger charge is 2.35. The molecule has 2 N–H and O–H groups in total. The highest BCUT2D eigenvalue weighted by atomic mass is 35.5. The fourth-order valence-electron chi connectivity index (χ4n) is 3.96. The summed E-state index contributed by atoms with van der Waals surface area (Å²) in [6.07, 6.45) is 1.39. The zero-order valence-electron chi connectivity index (χ0n) is 18.8. The van der Waals surface area contributed by atoms with Crippen molar-refractivity contribution in [3.8, 4) is 16.3 Å². The third kappa shape index (κ3) is 4.24. The predicted molar refractivity (Wildman–Crippen MR) is 131 cm³/mol. The van der Waals surface area contributed by atoms with Crippen molar-refractivity contribution in [3.05, 3.63) is 75.4 Å². The van der Waals surface area contributed by atoms with Crippen LogP contribution < -0.4 is 4.74 Å². The summed E-state index contributed by atoms with van der Waals surface area (Å²) in [6, 6.07) is 13.0. The van der Waals surface area contributed by atoms with Crippen LogP contribution in [0, 0.1) is 0 Å². The van der Waals surface area contributed by atoms with Crippen molar-refractivity contribution in [2.75, 3.05) is 0 Å². The van der Waals surface area contributed by atoms with Gasteiger partial charge in [-0.3, -0.25) is 4.40 Å². The molecule has 3 heterocycles. The number of aromatic carboxylic acids is 1. The molecule has 0 aliphatic carbocycles. The van der Waals surface area contributed by atoms with E-state index in [9.17, 15) is 15.0 Å². The SMILES string of the molecule is CC(Oc1c(C(=O)O)sc(-c2c(CO)nc3ccccn23)c1C(C)(C)C)c1ccccc1Cl. The molecule has 0 aliphatic heterocycles. The van der Waals surface area contributed by atoms with Gasteiger partial charge in [-0.15, -0.1) is 11.3 Å². The summed E-state index contributed by atoms with van der Waals surface area (Å²) >= 11 is 7.51. The van der Waals surface area contributed by atoms with Crippen LogP contribution in [-0.4, -0.2) is 25.6 Å². The first-order chi connectivity index (χ1) is 15.6. The van der Waals surface area contributed by atoms with E-state index in [1.54, 1.807) is 6.07 Å². The van der Waals surface area contributed by atoms with Crippen molar-refractivity contribution in [1.82, 2.24) is 9.38 Å². The van der Waals surface area contributed by atoms with Gasteiger partial charge in [0, 0.05) is 22.3 Å². The van der Waals surface area contributed by atoms with Crippen LogP contribution >= 0.6 is 22.9 Å². The van der Waals surface area contributed by atoms with Crippen LogP contribution in [0.4, 0.5) is 0 Å². The van der Waals surface area contributed by atoms with Crippen molar-refractivity contribution in [1.29, 1.82) is 0 Å². The fourth-order valence-corrected chi connectivity index (χ4v) is 5.59. The number of carboxylic acids is 1. The molecule has 0 saturated heterocycles. The molecule has 4 aromatic rings. The van der Waals surface area contributed by atoms with Gasteiger partial charge >= 0.3 is 5.97 Å². The summed E-state index contributed by atoms with van der Waals surface area (Å²) in [5, 5.41) is 20.7. The number of hydrogen-bond donors (Lipinski definition) is 2. The number of halogens is 1. The number of pyridine rings is 1. The molecule has 3 aromatic heterocycles. The van der Waals surface area contributed by atoms with Crippen molar-refractivity contribution in [2.45, 2.75) is 45.8 Å². The van der Waals surface area contributed by atoms with E-state index in [-0.39, 0.29) is 11.5 Å². The molecule has 0 amide bonds. The zero-order valence-corrected chi connectivity index (χ0v) is 20.4. The van der Waals surface area contributed by atoms with Crippen LogP contribution in [0.15, 0.2) is 48.7 Å². The van der Waals surface area contributed by atoms with Crippen molar-refractivity contribution < 1.29 is 19.7 Å². The van der Waals surface area contributed by atoms with E-state index >= 15 is 0 Å². The summed E-state index contributed by atoms with van der Waals surface area (Å²) in [4.78, 5) is 17.7. The number of aromatic nitrogens is 2. The number of nitrogens with zero attached hydrogens (tertiary/aromatic N) is 2. The van der Waals surface area contributed by atoms with Gasteiger partial charge in [0.1, 0.15) is 17.5 Å². The minimum Gasteiger partial charge on any atom is -0.484 e. The van der Waals surface area contributed by atoms with Gasteiger partial charge in [-0.1, -0.05) is 56.6 Å². The summed E-state index contributed by atoms with van der Waals surface area (Å²) < 4.78 is 8.22. The second-order valence-corrected chi connectivity index (χ2v) is 10.2. The third-order valence-corrected chi connectivity index (χ3v) is 6.92. The van der Waals surface area contributed by atoms with Gasteiger partial charge in [-0.25, -0.2) is 9.78 Å². The lowest BCUT2D eigenvalue weighted by atomic mass is 9.85. The Bertz CT molecular complexity index is 1340. The average Bonchev–Trinajstić information content (AvgIpc) is 3.31. The van der Waals surface area contributed by atoms with Crippen LogP contribution in [0.5, 0.6) is 5.75 Å². The molecule has 6 nitrogen and oxygen atoms in total. The lowest BCUT2D eigenvalue weighted by molar-refractivity contribution is 0.0695. The molecule has 1 atom stereocenters. The van der Waals surface area contributed by atoms with Crippen molar-refractivity contribution >= 4 is 34.6 Å². The molecule has 172 valence electrons. The number of imidazole rings is 1. The van der Waals surface area contributed by atoms with E-state index in [0.29, 0.717) is 32.7 Å². The summed E-state index contributed by atoms with van der Waals surface area (Å²) in [5.41, 5.74) is 2.90. The van der Waals surface area contributed by atoms with Crippen molar-refractivity contribution in [3.63, 3.8) is 0 Å². The van der Waals surface area contributed by atoms with Crippen LogP contribution in [0.3, 0.4) is 0 Å². The predicted octanol–water partition coefficient (Wildman–Crippen LogP) is 6.34. The molecule has 1 unspecified atom stereocenters. The van der Waals surface area contributed by atoms with Gasteiger partial charge in [0.15, 0.2) is 4.88 Å². The zero-order chi connectivity index (χ0) is 23.9. The van der Waals surface area contributed by atoms with Crippen LogP contribution in [0.2, 0.25) is 5.02 Å². The van der Waals surface area contributed by atoms with E-state index in [4.69, 9.17) is 16.3 Å². The second-order valence-electron chi connectivity index (χ2n) is 8.80. The Morgan fingerprint density at radius 3 is 2.55 bits per heavy atom. The van der Waals surface area contributed by atoms with Gasteiger partial charge < -0.3 is 14.9 Å². The molecule has 4 rings (SSSR count). The Morgan fingerprint density at radius 2 is 1.91 bits per heavy atom. The minimum atomic E-state index is -1.07. The highest BCUT2D eigenvalue weighted by molar-refractivity contribution is 7.18. The van der Waals surface area contributed by atoms with E-state index < -0.39 is 17.5 Å². The molecule has 0 bridgehead atoms. The molecular formula is C25H25ClN2O4S. The summed E-state index contributed by atoms with van der Waals surface area (Å²) in [7, 11) is 0. The highest BCUT2D eigenvalue weighted by Crippen LogP contribution is 2.50. The van der Waals surface area contributed by atoms with Gasteiger partial charge in [0.05, 0.1) is 22.9 Å². The maximum Gasteiger partial charge on any atom is 0.349 e. The number of thiophene rings is 1. The molecule has 33 heavy (non-hydrogen) atoms. The molecule has 0 saturated carbocycles. The Labute approximate surface area is 201 Å². The maximum absolute atomic E-state index is 12.3. The number of aliphatic hydroxyl groups excluding tert-OH is 1. The molecule has 0 spiro atoms. The number of fused-ring (bicyclic) bond motifs is 1. The number of aliphatic hydroxyl groups is 1. The quantitative estimate of drug-likeness (QED) is 0.333. The molecule has 0 fully saturated rings. The Morgan fingerprint density at radius 1 is 1.21 bits per heavy atom. The molecule has 0 radical (unpaired) electrons. The number of carboxylic acid groups (broad SMARTS) is 1. The van der Waals surface area contributed by atoms with E-state index in [1.807, 2.05) is 74.7 Å². The molecule has 8 heteroatoms. The minimum absolute atomic E-state index is 0.101. The molecular weight excluding hydrogens is 460 g/mol. The molecule has 1 aromatic carbocycles. The largest absolute Gasteiger partial charge is 0.484 e. The van der Waals surface area contributed by atoms with E-state index in [0.717, 1.165) is 22.5 Å². The van der Waals surface area contributed by atoms with Gasteiger partial charge in [-0.05, 0) is 30.5 Å². The lowest BCUT2D eigenvalue weighted by Gasteiger charge is -2.25. The van der Waals surface area contributed by atoms with Crippen LogP contribution in [0.25, 0.3) is 16.2 Å². The Kier molecular flexibility index (Phi) is 6.22. The standard InChI is InChI=1S/C25H25ClN2O4S/c1-14(15-9-5-6-10-16(15)26)32-21-19(25(2,3)4)22(33-23(21)24(30)31)20-17(13-29)27-18-11-7-8-12-28(18)20/h5-12,14,29H,13H2,1-4H3,(H,30,31). The number of hydrogen-bond acceptors (Lipinski definition) is 5. The second kappa shape index (κ2) is 8.82. The number of ether oxygens (including phenoxy) is 1. The monoisotopic (exact) mass is 484 g/mol. The Hall–Kier alpha value is -2.87. The Balaban J connectivity index is 1.98. The van der Waals surface area contributed by atoms with Crippen molar-refractivity contribution in [2.24, 2.45) is 0 Å².